The van der Waals surface area contributed by atoms with Gasteiger partial charge in [-0.15, -0.1) is 0 Å². The summed E-state index contributed by atoms with van der Waals surface area (Å²) in [5.41, 5.74) is 1.07. The highest BCUT2D eigenvalue weighted by atomic mass is 15.2. The van der Waals surface area contributed by atoms with E-state index >= 15 is 0 Å². The molecule has 3 rings (SSSR count). The Balaban J connectivity index is 1.93. The van der Waals surface area contributed by atoms with Gasteiger partial charge in [-0.3, -0.25) is 0 Å². The van der Waals surface area contributed by atoms with Crippen LogP contribution in [0.1, 0.15) is 33.6 Å². The summed E-state index contributed by atoms with van der Waals surface area (Å²) in [5, 5.41) is 3.47. The minimum Gasteiger partial charge on any atom is -0.370 e. The first-order chi connectivity index (χ1) is 11.6. The zero-order valence-electron chi connectivity index (χ0n) is 15.0. The fraction of sp³-hybridized carbons (Fsp3) is 0.500. The quantitative estimate of drug-likeness (QED) is 0.882. The van der Waals surface area contributed by atoms with Crippen molar-refractivity contribution in [3.63, 3.8) is 0 Å². The van der Waals surface area contributed by atoms with Crippen molar-refractivity contribution in [1.82, 2.24) is 9.97 Å². The molecule has 1 fully saturated rings. The first-order valence-corrected chi connectivity index (χ1v) is 9.05. The molecular formula is C20H28N4. The predicted octanol–water partition coefficient (Wildman–Crippen LogP) is 4.45. The van der Waals surface area contributed by atoms with Gasteiger partial charge in [0.2, 0.25) is 0 Å². The lowest BCUT2D eigenvalue weighted by Crippen LogP contribution is -2.35. The average molecular weight is 324 g/mol. The zero-order chi connectivity index (χ0) is 16.9. The molecule has 1 aliphatic rings. The first kappa shape index (κ1) is 16.7. The SMILES string of the molecule is CC(C)CNc1cc(N2CCCC(C)C2)nc(-c2ccccc2)n1. The smallest absolute Gasteiger partial charge is 0.163 e. The molecule has 1 N–H and O–H groups in total. The van der Waals surface area contributed by atoms with E-state index < -0.39 is 0 Å². The van der Waals surface area contributed by atoms with Crippen LogP contribution in [0.15, 0.2) is 36.4 Å². The summed E-state index contributed by atoms with van der Waals surface area (Å²) in [4.78, 5) is 12.0. The molecule has 1 aromatic carbocycles. The van der Waals surface area contributed by atoms with Crippen molar-refractivity contribution in [3.8, 4) is 11.4 Å². The molecule has 0 spiro atoms. The van der Waals surface area contributed by atoms with E-state index in [0.29, 0.717) is 5.92 Å². The third-order valence-electron chi connectivity index (χ3n) is 4.42. The van der Waals surface area contributed by atoms with Crippen molar-refractivity contribution >= 4 is 11.6 Å². The summed E-state index contributed by atoms with van der Waals surface area (Å²) < 4.78 is 0. The van der Waals surface area contributed by atoms with Gasteiger partial charge in [-0.2, -0.15) is 0 Å². The third-order valence-corrected chi connectivity index (χ3v) is 4.42. The summed E-state index contributed by atoms with van der Waals surface area (Å²) in [5.74, 6) is 4.07. The van der Waals surface area contributed by atoms with E-state index in [-0.39, 0.29) is 0 Å². The minimum absolute atomic E-state index is 0.582. The van der Waals surface area contributed by atoms with Crippen molar-refractivity contribution < 1.29 is 0 Å². The average Bonchev–Trinajstić information content (AvgIpc) is 2.60. The number of rotatable bonds is 5. The first-order valence-electron chi connectivity index (χ1n) is 9.05. The topological polar surface area (TPSA) is 41.0 Å². The molecule has 0 saturated carbocycles. The fourth-order valence-corrected chi connectivity index (χ4v) is 3.11. The molecule has 1 aromatic heterocycles. The van der Waals surface area contributed by atoms with E-state index in [9.17, 15) is 0 Å². The lowest BCUT2D eigenvalue weighted by Gasteiger charge is -2.32. The maximum atomic E-state index is 4.86. The van der Waals surface area contributed by atoms with Gasteiger partial charge in [0.1, 0.15) is 11.6 Å². The summed E-state index contributed by atoms with van der Waals surface area (Å²) in [6, 6.07) is 12.4. The monoisotopic (exact) mass is 324 g/mol. The number of benzene rings is 1. The van der Waals surface area contributed by atoms with Gasteiger partial charge in [-0.05, 0) is 24.7 Å². The molecule has 1 atom stereocenters. The molecule has 0 amide bonds. The van der Waals surface area contributed by atoms with Crippen LogP contribution >= 0.6 is 0 Å². The number of hydrogen-bond acceptors (Lipinski definition) is 4. The molecule has 0 radical (unpaired) electrons. The Morgan fingerprint density at radius 1 is 1.21 bits per heavy atom. The lowest BCUT2D eigenvalue weighted by atomic mass is 10.0. The van der Waals surface area contributed by atoms with Gasteiger partial charge in [-0.25, -0.2) is 9.97 Å². The van der Waals surface area contributed by atoms with E-state index in [0.717, 1.165) is 48.6 Å². The standard InChI is InChI=1S/C20H28N4/c1-15(2)13-21-18-12-19(24-11-7-8-16(3)14-24)23-20(22-18)17-9-5-4-6-10-17/h4-6,9-10,12,15-16H,7-8,11,13-14H2,1-3H3,(H,21,22,23). The molecule has 0 bridgehead atoms. The lowest BCUT2D eigenvalue weighted by molar-refractivity contribution is 0.444. The maximum absolute atomic E-state index is 4.86. The van der Waals surface area contributed by atoms with Crippen LogP contribution in [0.4, 0.5) is 11.6 Å². The molecule has 2 aromatic rings. The van der Waals surface area contributed by atoms with E-state index in [1.165, 1.54) is 12.8 Å². The second kappa shape index (κ2) is 7.65. The van der Waals surface area contributed by atoms with Gasteiger partial charge in [0.25, 0.3) is 0 Å². The Labute approximate surface area is 145 Å². The molecule has 24 heavy (non-hydrogen) atoms. The Hall–Kier alpha value is -2.10. The van der Waals surface area contributed by atoms with Gasteiger partial charge in [0.15, 0.2) is 5.82 Å². The van der Waals surface area contributed by atoms with Crippen LogP contribution in [-0.4, -0.2) is 29.6 Å². The van der Waals surface area contributed by atoms with Crippen molar-refractivity contribution in [2.45, 2.75) is 33.6 Å². The highest BCUT2D eigenvalue weighted by Gasteiger charge is 2.19. The molecule has 2 heterocycles. The zero-order valence-corrected chi connectivity index (χ0v) is 15.0. The fourth-order valence-electron chi connectivity index (χ4n) is 3.11. The molecule has 4 heteroatoms. The van der Waals surface area contributed by atoms with Crippen LogP contribution in [0.5, 0.6) is 0 Å². The van der Waals surface area contributed by atoms with E-state index in [4.69, 9.17) is 9.97 Å². The Morgan fingerprint density at radius 2 is 2.00 bits per heavy atom. The number of nitrogens with one attached hydrogen (secondary N) is 1. The van der Waals surface area contributed by atoms with Gasteiger partial charge >= 0.3 is 0 Å². The molecule has 0 aliphatic carbocycles. The summed E-state index contributed by atoms with van der Waals surface area (Å²) in [7, 11) is 0. The Kier molecular flexibility index (Phi) is 5.34. The highest BCUT2D eigenvalue weighted by Crippen LogP contribution is 2.26. The molecule has 1 unspecified atom stereocenters. The van der Waals surface area contributed by atoms with Crippen molar-refractivity contribution in [2.24, 2.45) is 11.8 Å². The third kappa shape index (κ3) is 4.25. The van der Waals surface area contributed by atoms with Crippen molar-refractivity contribution in [3.05, 3.63) is 36.4 Å². The van der Waals surface area contributed by atoms with Crippen LogP contribution in [0.3, 0.4) is 0 Å². The number of aromatic nitrogens is 2. The van der Waals surface area contributed by atoms with Gasteiger partial charge in [0.05, 0.1) is 0 Å². The van der Waals surface area contributed by atoms with Gasteiger partial charge < -0.3 is 10.2 Å². The maximum Gasteiger partial charge on any atom is 0.163 e. The molecule has 4 nitrogen and oxygen atoms in total. The highest BCUT2D eigenvalue weighted by molar-refractivity contribution is 5.61. The number of hydrogen-bond donors (Lipinski definition) is 1. The summed E-state index contributed by atoms with van der Waals surface area (Å²) in [6.45, 7) is 9.82. The van der Waals surface area contributed by atoms with Gasteiger partial charge in [-0.1, -0.05) is 51.1 Å². The van der Waals surface area contributed by atoms with Crippen LogP contribution in [-0.2, 0) is 0 Å². The van der Waals surface area contributed by atoms with Crippen LogP contribution in [0.25, 0.3) is 11.4 Å². The van der Waals surface area contributed by atoms with Crippen LogP contribution in [0, 0.1) is 11.8 Å². The number of anilines is 2. The number of nitrogens with zero attached hydrogens (tertiary/aromatic N) is 3. The second-order valence-electron chi connectivity index (χ2n) is 7.27. The largest absolute Gasteiger partial charge is 0.370 e. The van der Waals surface area contributed by atoms with Crippen molar-refractivity contribution in [1.29, 1.82) is 0 Å². The Morgan fingerprint density at radius 3 is 2.71 bits per heavy atom. The summed E-state index contributed by atoms with van der Waals surface area (Å²) >= 11 is 0. The minimum atomic E-state index is 0.582. The van der Waals surface area contributed by atoms with Gasteiger partial charge in [0, 0.05) is 31.3 Å². The van der Waals surface area contributed by atoms with E-state index in [1.54, 1.807) is 0 Å². The van der Waals surface area contributed by atoms with E-state index in [2.05, 4.69) is 49.2 Å². The Bertz CT molecular complexity index is 654. The second-order valence-corrected chi connectivity index (χ2v) is 7.27. The summed E-state index contributed by atoms with van der Waals surface area (Å²) in [6.07, 6.45) is 2.55. The van der Waals surface area contributed by atoms with Crippen LogP contribution in [0.2, 0.25) is 0 Å². The van der Waals surface area contributed by atoms with E-state index in [1.807, 2.05) is 18.2 Å². The molecule has 1 saturated heterocycles. The molecular weight excluding hydrogens is 296 g/mol. The molecule has 1 aliphatic heterocycles. The van der Waals surface area contributed by atoms with Crippen LogP contribution < -0.4 is 10.2 Å². The number of piperidine rings is 1. The molecule has 128 valence electrons. The van der Waals surface area contributed by atoms with Crippen molar-refractivity contribution in [2.75, 3.05) is 29.9 Å². The predicted molar refractivity (Wildman–Crippen MR) is 101 cm³/mol. The normalized spacial score (nSPS) is 18.0.